The topological polar surface area (TPSA) is 66.0 Å². The Morgan fingerprint density at radius 1 is 1.47 bits per heavy atom. The maximum absolute atomic E-state index is 5.79. The summed E-state index contributed by atoms with van der Waals surface area (Å²) in [4.78, 5) is 4.33. The van der Waals surface area contributed by atoms with Gasteiger partial charge >= 0.3 is 0 Å². The molecule has 6 heteroatoms. The predicted octanol–water partition coefficient (Wildman–Crippen LogP) is 2.40. The molecule has 2 rings (SSSR count). The van der Waals surface area contributed by atoms with Crippen molar-refractivity contribution >= 4 is 21.6 Å². The quantitative estimate of drug-likeness (QED) is 0.941. The summed E-state index contributed by atoms with van der Waals surface area (Å²) < 4.78 is 8.02. The van der Waals surface area contributed by atoms with Crippen molar-refractivity contribution in [2.75, 3.05) is 12.3 Å². The number of nitrogens with two attached hydrogens (primary N) is 1. The molecular formula is C11H13BrN4O. The fourth-order valence-corrected chi connectivity index (χ4v) is 1.60. The minimum absolute atomic E-state index is 0.455. The zero-order chi connectivity index (χ0) is 12.3. The number of aromatic nitrogens is 3. The summed E-state index contributed by atoms with van der Waals surface area (Å²) in [6.45, 7) is 2.63. The largest absolute Gasteiger partial charge is 0.476 e. The van der Waals surface area contributed by atoms with Crippen molar-refractivity contribution in [2.45, 2.75) is 13.3 Å². The van der Waals surface area contributed by atoms with Crippen molar-refractivity contribution in [1.29, 1.82) is 0 Å². The van der Waals surface area contributed by atoms with Crippen LogP contribution in [0.4, 0.5) is 5.69 Å². The molecule has 0 bridgehead atoms. The molecule has 0 saturated heterocycles. The van der Waals surface area contributed by atoms with E-state index < -0.39 is 0 Å². The lowest BCUT2D eigenvalue weighted by atomic mass is 10.4. The normalized spacial score (nSPS) is 10.5. The fraction of sp³-hybridized carbons (Fsp3) is 0.273. The van der Waals surface area contributed by atoms with Crippen molar-refractivity contribution in [3.05, 3.63) is 29.0 Å². The molecule has 0 atom stereocenters. The summed E-state index contributed by atoms with van der Waals surface area (Å²) in [6.07, 6.45) is 4.44. The van der Waals surface area contributed by atoms with E-state index >= 15 is 0 Å². The van der Waals surface area contributed by atoms with Gasteiger partial charge in [0, 0.05) is 6.20 Å². The molecular weight excluding hydrogens is 284 g/mol. The minimum Gasteiger partial charge on any atom is -0.476 e. The van der Waals surface area contributed by atoms with Crippen LogP contribution >= 0.6 is 15.9 Å². The molecule has 2 N–H and O–H groups in total. The first-order valence-electron chi connectivity index (χ1n) is 5.30. The molecule has 90 valence electrons. The van der Waals surface area contributed by atoms with Gasteiger partial charge in [-0.15, -0.1) is 0 Å². The first kappa shape index (κ1) is 11.9. The number of hydrogen-bond acceptors (Lipinski definition) is 4. The van der Waals surface area contributed by atoms with Crippen molar-refractivity contribution in [2.24, 2.45) is 0 Å². The first-order chi connectivity index (χ1) is 8.20. The van der Waals surface area contributed by atoms with Crippen molar-refractivity contribution in [3.63, 3.8) is 0 Å². The summed E-state index contributed by atoms with van der Waals surface area (Å²) in [5, 5.41) is 4.15. The molecule has 0 amide bonds. The van der Waals surface area contributed by atoms with Crippen LogP contribution in [-0.2, 0) is 0 Å². The Kier molecular flexibility index (Phi) is 3.63. The smallest absolute Gasteiger partial charge is 0.239 e. The monoisotopic (exact) mass is 296 g/mol. The summed E-state index contributed by atoms with van der Waals surface area (Å²) in [5.41, 5.74) is 6.32. The van der Waals surface area contributed by atoms with Gasteiger partial charge < -0.3 is 10.5 Å². The Morgan fingerprint density at radius 3 is 2.94 bits per heavy atom. The van der Waals surface area contributed by atoms with Crippen molar-refractivity contribution in [3.8, 4) is 11.7 Å². The second-order valence-electron chi connectivity index (χ2n) is 3.52. The molecule has 0 fully saturated rings. The molecule has 0 spiro atoms. The van der Waals surface area contributed by atoms with Gasteiger partial charge in [0.2, 0.25) is 5.88 Å². The Morgan fingerprint density at radius 2 is 2.29 bits per heavy atom. The van der Waals surface area contributed by atoms with Gasteiger partial charge in [-0.25, -0.2) is 4.68 Å². The summed E-state index contributed by atoms with van der Waals surface area (Å²) in [7, 11) is 0. The predicted molar refractivity (Wildman–Crippen MR) is 69.3 cm³/mol. The number of anilines is 1. The molecule has 0 radical (unpaired) electrons. The van der Waals surface area contributed by atoms with Gasteiger partial charge in [0.1, 0.15) is 0 Å². The van der Waals surface area contributed by atoms with Crippen LogP contribution in [0.2, 0.25) is 0 Å². The molecule has 0 aliphatic heterocycles. The Balaban J connectivity index is 2.30. The second kappa shape index (κ2) is 5.18. The third-order valence-electron chi connectivity index (χ3n) is 2.10. The highest BCUT2D eigenvalue weighted by atomic mass is 79.9. The molecule has 0 aromatic carbocycles. The molecule has 0 unspecified atom stereocenters. The van der Waals surface area contributed by atoms with E-state index in [9.17, 15) is 0 Å². The molecule has 2 aromatic heterocycles. The lowest BCUT2D eigenvalue weighted by Crippen LogP contribution is -2.05. The van der Waals surface area contributed by atoms with Crippen molar-refractivity contribution < 1.29 is 4.74 Å². The standard InChI is InChI=1S/C11H13BrN4O/c1-2-5-17-11-9(13)3-4-10(15-11)16-7-8(12)6-14-16/h3-4,6-7H,2,5,13H2,1H3. The zero-order valence-electron chi connectivity index (χ0n) is 9.43. The van der Waals surface area contributed by atoms with Crippen LogP contribution in [0, 0.1) is 0 Å². The van der Waals surface area contributed by atoms with Crippen LogP contribution in [0.3, 0.4) is 0 Å². The third kappa shape index (κ3) is 2.76. The van der Waals surface area contributed by atoms with Crippen LogP contribution in [0.25, 0.3) is 5.82 Å². The maximum Gasteiger partial charge on any atom is 0.239 e. The van der Waals surface area contributed by atoms with Gasteiger partial charge in [0.15, 0.2) is 5.82 Å². The maximum atomic E-state index is 5.79. The lowest BCUT2D eigenvalue weighted by Gasteiger charge is -2.08. The molecule has 2 heterocycles. The van der Waals surface area contributed by atoms with Crippen LogP contribution in [0.5, 0.6) is 5.88 Å². The second-order valence-corrected chi connectivity index (χ2v) is 4.43. The van der Waals surface area contributed by atoms with Crippen LogP contribution in [0.15, 0.2) is 29.0 Å². The lowest BCUT2D eigenvalue weighted by molar-refractivity contribution is 0.307. The number of pyridine rings is 1. The average molecular weight is 297 g/mol. The van der Waals surface area contributed by atoms with Gasteiger partial charge in [-0.2, -0.15) is 10.1 Å². The minimum atomic E-state index is 0.455. The number of hydrogen-bond donors (Lipinski definition) is 1. The number of rotatable bonds is 4. The molecule has 17 heavy (non-hydrogen) atoms. The van der Waals surface area contributed by atoms with E-state index in [0.29, 0.717) is 24.0 Å². The van der Waals surface area contributed by atoms with Gasteiger partial charge in [-0.3, -0.25) is 0 Å². The van der Waals surface area contributed by atoms with Crippen LogP contribution < -0.4 is 10.5 Å². The highest BCUT2D eigenvalue weighted by Gasteiger charge is 2.06. The van der Waals surface area contributed by atoms with E-state index in [1.165, 1.54) is 0 Å². The zero-order valence-corrected chi connectivity index (χ0v) is 11.0. The summed E-state index contributed by atoms with van der Waals surface area (Å²) >= 11 is 3.34. The summed E-state index contributed by atoms with van der Waals surface area (Å²) in [5.74, 6) is 1.13. The van der Waals surface area contributed by atoms with Gasteiger partial charge in [0.05, 0.1) is 23.0 Å². The first-order valence-corrected chi connectivity index (χ1v) is 6.10. The van der Waals surface area contributed by atoms with Crippen LogP contribution in [0.1, 0.15) is 13.3 Å². The number of nitrogens with zero attached hydrogens (tertiary/aromatic N) is 3. The average Bonchev–Trinajstić information content (AvgIpc) is 2.75. The van der Waals surface area contributed by atoms with E-state index in [0.717, 1.165) is 10.9 Å². The third-order valence-corrected chi connectivity index (χ3v) is 2.51. The van der Waals surface area contributed by atoms with Crippen LogP contribution in [-0.4, -0.2) is 21.4 Å². The molecule has 0 saturated carbocycles. The highest BCUT2D eigenvalue weighted by molar-refractivity contribution is 9.10. The van der Waals surface area contributed by atoms with Crippen molar-refractivity contribution in [1.82, 2.24) is 14.8 Å². The van der Waals surface area contributed by atoms with Gasteiger partial charge in [-0.1, -0.05) is 6.92 Å². The van der Waals surface area contributed by atoms with E-state index in [-0.39, 0.29) is 0 Å². The van der Waals surface area contributed by atoms with E-state index in [1.54, 1.807) is 23.0 Å². The molecule has 0 aliphatic carbocycles. The van der Waals surface area contributed by atoms with E-state index in [2.05, 4.69) is 26.0 Å². The molecule has 0 aliphatic rings. The molecule has 2 aromatic rings. The van der Waals surface area contributed by atoms with E-state index in [4.69, 9.17) is 10.5 Å². The number of halogens is 1. The Hall–Kier alpha value is -1.56. The number of ether oxygens (including phenoxy) is 1. The Bertz CT molecular complexity index is 512. The fourth-order valence-electron chi connectivity index (χ4n) is 1.31. The highest BCUT2D eigenvalue weighted by Crippen LogP contribution is 2.21. The van der Waals surface area contributed by atoms with Gasteiger partial charge in [0.25, 0.3) is 0 Å². The van der Waals surface area contributed by atoms with E-state index in [1.807, 2.05) is 13.1 Å². The molecule has 5 nitrogen and oxygen atoms in total. The Labute approximate surface area is 108 Å². The summed E-state index contributed by atoms with van der Waals surface area (Å²) in [6, 6.07) is 3.57. The number of nitrogen functional groups attached to an aromatic ring is 1. The van der Waals surface area contributed by atoms with Gasteiger partial charge in [-0.05, 0) is 34.5 Å². The SMILES string of the molecule is CCCOc1nc(-n2cc(Br)cn2)ccc1N.